The lowest BCUT2D eigenvalue weighted by molar-refractivity contribution is -0.140. The van der Waals surface area contributed by atoms with E-state index < -0.39 is 12.0 Å². The van der Waals surface area contributed by atoms with Gasteiger partial charge in [-0.2, -0.15) is 0 Å². The quantitative estimate of drug-likeness (QED) is 0.763. The average Bonchev–Trinajstić information content (AvgIpc) is 2.78. The number of carboxylic acid groups (broad SMARTS) is 1. The third kappa shape index (κ3) is 3.55. The van der Waals surface area contributed by atoms with Crippen LogP contribution in [0.3, 0.4) is 0 Å². The predicted molar refractivity (Wildman–Crippen MR) is 75.2 cm³/mol. The first-order chi connectivity index (χ1) is 9.09. The molecule has 2 amide bonds. The van der Waals surface area contributed by atoms with Gasteiger partial charge in [-0.1, -0.05) is 26.2 Å². The van der Waals surface area contributed by atoms with Crippen LogP contribution >= 0.6 is 11.8 Å². The Kier molecular flexibility index (Phi) is 4.96. The van der Waals surface area contributed by atoms with Crippen molar-refractivity contribution in [1.82, 2.24) is 10.2 Å². The van der Waals surface area contributed by atoms with E-state index in [0.29, 0.717) is 17.5 Å². The Balaban J connectivity index is 1.94. The molecule has 1 aliphatic heterocycles. The molecular weight excluding hydrogens is 264 g/mol. The molecule has 6 heteroatoms. The van der Waals surface area contributed by atoms with Gasteiger partial charge in [-0.25, -0.2) is 9.59 Å². The van der Waals surface area contributed by atoms with Gasteiger partial charge in [-0.15, -0.1) is 11.8 Å². The van der Waals surface area contributed by atoms with E-state index in [0.717, 1.165) is 19.3 Å². The first-order valence-electron chi connectivity index (χ1n) is 6.97. The van der Waals surface area contributed by atoms with E-state index >= 15 is 0 Å². The smallest absolute Gasteiger partial charge is 0.327 e. The fraction of sp³-hybridized carbons (Fsp3) is 0.846. The van der Waals surface area contributed by atoms with E-state index in [9.17, 15) is 9.59 Å². The highest BCUT2D eigenvalue weighted by Crippen LogP contribution is 2.25. The number of hydrogen-bond acceptors (Lipinski definition) is 3. The Morgan fingerprint density at radius 2 is 2.00 bits per heavy atom. The zero-order chi connectivity index (χ0) is 13.8. The first kappa shape index (κ1) is 14.5. The summed E-state index contributed by atoms with van der Waals surface area (Å²) < 4.78 is 0. The van der Waals surface area contributed by atoms with Crippen LogP contribution in [0.1, 0.15) is 39.0 Å². The van der Waals surface area contributed by atoms with Crippen molar-refractivity contribution in [3.63, 3.8) is 0 Å². The number of aliphatic carboxylic acids is 1. The van der Waals surface area contributed by atoms with Crippen LogP contribution in [-0.4, -0.2) is 45.7 Å². The SMILES string of the molecule is CC1CCCCCC1NC(=O)N1CSCC1C(=O)O. The first-order valence-corrected chi connectivity index (χ1v) is 8.12. The molecule has 0 radical (unpaired) electrons. The number of urea groups is 1. The maximum absolute atomic E-state index is 12.2. The van der Waals surface area contributed by atoms with Gasteiger partial charge in [0, 0.05) is 11.8 Å². The summed E-state index contributed by atoms with van der Waals surface area (Å²) in [5, 5.41) is 12.1. The van der Waals surface area contributed by atoms with Crippen LogP contribution in [0.25, 0.3) is 0 Å². The van der Waals surface area contributed by atoms with Gasteiger partial charge >= 0.3 is 12.0 Å². The largest absolute Gasteiger partial charge is 0.480 e. The molecule has 1 saturated heterocycles. The molecule has 1 saturated carbocycles. The molecule has 3 unspecified atom stereocenters. The summed E-state index contributed by atoms with van der Waals surface area (Å²) in [5.41, 5.74) is 0. The highest BCUT2D eigenvalue weighted by Gasteiger charge is 2.35. The lowest BCUT2D eigenvalue weighted by atomic mass is 9.97. The van der Waals surface area contributed by atoms with E-state index in [-0.39, 0.29) is 12.1 Å². The summed E-state index contributed by atoms with van der Waals surface area (Å²) in [6.07, 6.45) is 5.75. The van der Waals surface area contributed by atoms with Crippen molar-refractivity contribution < 1.29 is 14.7 Å². The van der Waals surface area contributed by atoms with Crippen molar-refractivity contribution in [3.8, 4) is 0 Å². The molecule has 1 heterocycles. The fourth-order valence-electron chi connectivity index (χ4n) is 2.80. The van der Waals surface area contributed by atoms with E-state index in [1.807, 2.05) is 0 Å². The van der Waals surface area contributed by atoms with Crippen molar-refractivity contribution in [2.45, 2.75) is 51.1 Å². The summed E-state index contributed by atoms with van der Waals surface area (Å²) in [7, 11) is 0. The molecule has 1 aliphatic carbocycles. The Labute approximate surface area is 118 Å². The molecule has 2 N–H and O–H groups in total. The Hall–Kier alpha value is -0.910. The second-order valence-corrected chi connectivity index (χ2v) is 6.49. The van der Waals surface area contributed by atoms with Gasteiger partial charge < -0.3 is 15.3 Å². The molecular formula is C13H22N2O3S. The van der Waals surface area contributed by atoms with Crippen molar-refractivity contribution in [2.75, 3.05) is 11.6 Å². The molecule has 2 fully saturated rings. The second-order valence-electron chi connectivity index (χ2n) is 5.49. The highest BCUT2D eigenvalue weighted by atomic mass is 32.2. The topological polar surface area (TPSA) is 69.6 Å². The number of nitrogens with one attached hydrogen (secondary N) is 1. The minimum atomic E-state index is -0.908. The van der Waals surface area contributed by atoms with Gasteiger partial charge in [-0.3, -0.25) is 0 Å². The molecule has 0 aromatic heterocycles. The number of carbonyl (C=O) groups is 2. The van der Waals surface area contributed by atoms with Gasteiger partial charge in [0.2, 0.25) is 0 Å². The standard InChI is InChI=1S/C13H22N2O3S/c1-9-5-3-2-4-6-10(9)14-13(18)15-8-19-7-11(15)12(16)17/h9-11H,2-8H2,1H3,(H,14,18)(H,16,17). The number of hydrogen-bond donors (Lipinski definition) is 2. The van der Waals surface area contributed by atoms with Crippen molar-refractivity contribution >= 4 is 23.8 Å². The molecule has 2 aliphatic rings. The molecule has 108 valence electrons. The molecule has 2 rings (SSSR count). The van der Waals surface area contributed by atoms with E-state index in [2.05, 4.69) is 12.2 Å². The Bertz CT molecular complexity index is 351. The third-order valence-corrected chi connectivity index (χ3v) is 5.11. The Morgan fingerprint density at radius 1 is 1.26 bits per heavy atom. The molecule has 0 aromatic carbocycles. The summed E-state index contributed by atoms with van der Waals surface area (Å²) in [5.74, 6) is 0.534. The molecule has 5 nitrogen and oxygen atoms in total. The monoisotopic (exact) mass is 286 g/mol. The third-order valence-electron chi connectivity index (χ3n) is 4.10. The molecule has 19 heavy (non-hydrogen) atoms. The lowest BCUT2D eigenvalue weighted by Gasteiger charge is -2.27. The van der Waals surface area contributed by atoms with Gasteiger partial charge in [0.15, 0.2) is 0 Å². The fourth-order valence-corrected chi connectivity index (χ4v) is 3.94. The van der Waals surface area contributed by atoms with Crippen LogP contribution in [0.4, 0.5) is 4.79 Å². The number of rotatable bonds is 2. The number of amides is 2. The van der Waals surface area contributed by atoms with Gasteiger partial charge in [0.25, 0.3) is 0 Å². The van der Waals surface area contributed by atoms with Crippen molar-refractivity contribution in [2.24, 2.45) is 5.92 Å². The summed E-state index contributed by atoms with van der Waals surface area (Å²) >= 11 is 1.50. The van der Waals surface area contributed by atoms with Crippen LogP contribution in [0.2, 0.25) is 0 Å². The average molecular weight is 286 g/mol. The van der Waals surface area contributed by atoms with Gasteiger partial charge in [0.1, 0.15) is 6.04 Å². The maximum Gasteiger partial charge on any atom is 0.327 e. The molecule has 0 spiro atoms. The zero-order valence-corrected chi connectivity index (χ0v) is 12.1. The van der Waals surface area contributed by atoms with Crippen LogP contribution in [0.15, 0.2) is 0 Å². The number of carboxylic acids is 1. The van der Waals surface area contributed by atoms with Crippen LogP contribution in [-0.2, 0) is 4.79 Å². The van der Waals surface area contributed by atoms with Crippen LogP contribution in [0.5, 0.6) is 0 Å². The summed E-state index contributed by atoms with van der Waals surface area (Å²) in [6.45, 7) is 2.17. The summed E-state index contributed by atoms with van der Waals surface area (Å²) in [6, 6.07) is -0.697. The highest BCUT2D eigenvalue weighted by molar-refractivity contribution is 7.99. The number of nitrogens with zero attached hydrogens (tertiary/aromatic N) is 1. The van der Waals surface area contributed by atoms with E-state index in [4.69, 9.17) is 5.11 Å². The molecule has 3 atom stereocenters. The zero-order valence-electron chi connectivity index (χ0n) is 11.3. The van der Waals surface area contributed by atoms with Crippen LogP contribution < -0.4 is 5.32 Å². The molecule has 0 bridgehead atoms. The lowest BCUT2D eigenvalue weighted by Crippen LogP contribution is -2.51. The second kappa shape index (κ2) is 6.50. The minimum absolute atomic E-state index is 0.190. The van der Waals surface area contributed by atoms with Gasteiger partial charge in [-0.05, 0) is 18.8 Å². The molecule has 0 aromatic rings. The number of carbonyl (C=O) groups excluding carboxylic acids is 1. The normalized spacial score (nSPS) is 31.8. The van der Waals surface area contributed by atoms with Crippen LogP contribution in [0, 0.1) is 5.92 Å². The van der Waals surface area contributed by atoms with E-state index in [1.54, 1.807) is 0 Å². The van der Waals surface area contributed by atoms with E-state index in [1.165, 1.54) is 29.5 Å². The number of thioether (sulfide) groups is 1. The maximum atomic E-state index is 12.2. The Morgan fingerprint density at radius 3 is 2.74 bits per heavy atom. The predicted octanol–water partition coefficient (Wildman–Crippen LogP) is 2.12. The minimum Gasteiger partial charge on any atom is -0.480 e. The van der Waals surface area contributed by atoms with Gasteiger partial charge in [0.05, 0.1) is 5.88 Å². The van der Waals surface area contributed by atoms with Crippen molar-refractivity contribution in [3.05, 3.63) is 0 Å². The summed E-state index contributed by atoms with van der Waals surface area (Å²) in [4.78, 5) is 24.8. The van der Waals surface area contributed by atoms with Crippen molar-refractivity contribution in [1.29, 1.82) is 0 Å².